The molecule has 4 aromatic rings. The molecule has 10 nitrogen and oxygen atoms in total. The molecular weight excluding hydrogens is 613 g/mol. The highest BCUT2D eigenvalue weighted by atomic mass is 35.5. The average molecular weight is 641 g/mol. The van der Waals surface area contributed by atoms with Crippen LogP contribution in [-0.2, 0) is 14.8 Å². The Bertz CT molecular complexity index is 1710. The van der Waals surface area contributed by atoms with E-state index in [-0.39, 0.29) is 34.7 Å². The van der Waals surface area contributed by atoms with Gasteiger partial charge >= 0.3 is 0 Å². The van der Waals surface area contributed by atoms with Gasteiger partial charge in [-0.3, -0.25) is 19.2 Å². The maximum atomic E-state index is 13.2. The number of amides is 2. The highest BCUT2D eigenvalue weighted by Gasteiger charge is 2.24. The number of aromatic nitrogens is 1. The molecule has 0 spiro atoms. The van der Waals surface area contributed by atoms with E-state index < -0.39 is 10.0 Å². The molecule has 0 unspecified atom stereocenters. The number of ether oxygens (including phenoxy) is 1. The summed E-state index contributed by atoms with van der Waals surface area (Å²) < 4.78 is 34.8. The van der Waals surface area contributed by atoms with Crippen molar-refractivity contribution in [1.82, 2.24) is 14.8 Å². The molecule has 1 saturated heterocycles. The summed E-state index contributed by atoms with van der Waals surface area (Å²) in [6, 6.07) is 22.3. The van der Waals surface area contributed by atoms with Crippen LogP contribution in [0.15, 0.2) is 96.0 Å². The molecular formula is C30H27Cl2N5O5S. The van der Waals surface area contributed by atoms with Crippen molar-refractivity contribution in [3.8, 4) is 11.5 Å². The van der Waals surface area contributed by atoms with Crippen molar-refractivity contribution in [2.75, 3.05) is 42.8 Å². The molecule has 2 N–H and O–H groups in total. The largest absolute Gasteiger partial charge is 0.455 e. The number of carbonyl (C=O) groups is 2. The maximum Gasteiger partial charge on any atom is 0.262 e. The predicted molar refractivity (Wildman–Crippen MR) is 165 cm³/mol. The van der Waals surface area contributed by atoms with Crippen LogP contribution in [0.5, 0.6) is 11.5 Å². The van der Waals surface area contributed by atoms with Gasteiger partial charge in [-0.25, -0.2) is 13.4 Å². The summed E-state index contributed by atoms with van der Waals surface area (Å²) in [7, 11) is -4.00. The van der Waals surface area contributed by atoms with Crippen molar-refractivity contribution in [2.45, 2.75) is 4.90 Å². The van der Waals surface area contributed by atoms with Crippen LogP contribution >= 0.6 is 23.2 Å². The highest BCUT2D eigenvalue weighted by Crippen LogP contribution is 2.34. The molecule has 43 heavy (non-hydrogen) atoms. The Labute approximate surface area is 259 Å². The lowest BCUT2D eigenvalue weighted by Gasteiger charge is -2.34. The Morgan fingerprint density at radius 1 is 0.860 bits per heavy atom. The van der Waals surface area contributed by atoms with E-state index in [2.05, 4.69) is 15.0 Å². The summed E-state index contributed by atoms with van der Waals surface area (Å²) in [5.74, 6) is 0.757. The zero-order valence-corrected chi connectivity index (χ0v) is 25.1. The monoisotopic (exact) mass is 639 g/mol. The molecule has 0 saturated carbocycles. The summed E-state index contributed by atoms with van der Waals surface area (Å²) in [5.41, 5.74) is 0.587. The van der Waals surface area contributed by atoms with Crippen molar-refractivity contribution in [3.05, 3.63) is 107 Å². The highest BCUT2D eigenvalue weighted by molar-refractivity contribution is 7.92. The molecule has 0 radical (unpaired) electrons. The second-order valence-corrected chi connectivity index (χ2v) is 12.1. The lowest BCUT2D eigenvalue weighted by Crippen LogP contribution is -2.50. The van der Waals surface area contributed by atoms with Crippen LogP contribution in [0.4, 0.5) is 11.5 Å². The molecule has 1 aliphatic heterocycles. The Hall–Kier alpha value is -4.16. The quantitative estimate of drug-likeness (QED) is 0.252. The first kappa shape index (κ1) is 30.3. The molecule has 1 aromatic heterocycles. The van der Waals surface area contributed by atoms with Gasteiger partial charge in [-0.1, -0.05) is 41.4 Å². The minimum absolute atomic E-state index is 0.0165. The van der Waals surface area contributed by atoms with Crippen molar-refractivity contribution in [2.24, 2.45) is 0 Å². The van der Waals surface area contributed by atoms with E-state index >= 15 is 0 Å². The number of hydrogen-bond donors (Lipinski definition) is 2. The number of carbonyl (C=O) groups excluding carboxylic acids is 2. The first-order chi connectivity index (χ1) is 20.7. The van der Waals surface area contributed by atoms with Gasteiger partial charge in [-0.15, -0.1) is 0 Å². The number of sulfonamides is 1. The molecule has 13 heteroatoms. The summed E-state index contributed by atoms with van der Waals surface area (Å²) >= 11 is 12.0. The Morgan fingerprint density at radius 3 is 2.28 bits per heavy atom. The van der Waals surface area contributed by atoms with Crippen LogP contribution in [0.25, 0.3) is 0 Å². The number of hydrogen-bond acceptors (Lipinski definition) is 7. The van der Waals surface area contributed by atoms with Gasteiger partial charge in [0.05, 0.1) is 27.2 Å². The van der Waals surface area contributed by atoms with E-state index in [4.69, 9.17) is 27.9 Å². The zero-order valence-electron chi connectivity index (χ0n) is 22.7. The van der Waals surface area contributed by atoms with Crippen molar-refractivity contribution >= 4 is 56.5 Å². The fourth-order valence-corrected chi connectivity index (χ4v) is 5.76. The number of nitrogens with one attached hydrogen (secondary N) is 2. The summed E-state index contributed by atoms with van der Waals surface area (Å²) in [4.78, 5) is 33.2. The Balaban J connectivity index is 1.17. The van der Waals surface area contributed by atoms with Gasteiger partial charge in [-0.05, 0) is 60.7 Å². The van der Waals surface area contributed by atoms with Gasteiger partial charge in [0.1, 0.15) is 11.6 Å². The van der Waals surface area contributed by atoms with Crippen molar-refractivity contribution in [1.29, 1.82) is 0 Å². The van der Waals surface area contributed by atoms with Gasteiger partial charge < -0.3 is 15.0 Å². The SMILES string of the molecule is O=C(CN1CCN(C(=O)c2ccc(S(=O)(=O)Nc3ccccc3Oc3ccc(Cl)c(Cl)c3)cc2)CC1)Nc1ccccn1. The number of nitrogens with zero attached hydrogens (tertiary/aromatic N) is 3. The number of benzene rings is 3. The second kappa shape index (κ2) is 13.4. The minimum atomic E-state index is -4.00. The van der Waals surface area contributed by atoms with Crippen molar-refractivity contribution < 1.29 is 22.7 Å². The molecule has 0 bridgehead atoms. The van der Waals surface area contributed by atoms with Crippen LogP contribution in [-0.4, -0.2) is 67.7 Å². The number of piperazine rings is 1. The van der Waals surface area contributed by atoms with Crippen LogP contribution < -0.4 is 14.8 Å². The molecule has 5 rings (SSSR count). The Morgan fingerprint density at radius 2 is 1.58 bits per heavy atom. The fraction of sp³-hybridized carbons (Fsp3) is 0.167. The predicted octanol–water partition coefficient (Wildman–Crippen LogP) is 5.38. The van der Waals surface area contributed by atoms with E-state index in [1.165, 1.54) is 30.3 Å². The van der Waals surface area contributed by atoms with Gasteiger partial charge in [-0.2, -0.15) is 0 Å². The van der Waals surface area contributed by atoms with Crippen LogP contribution in [0, 0.1) is 0 Å². The zero-order chi connectivity index (χ0) is 30.4. The number of halogens is 2. The molecule has 1 fully saturated rings. The van der Waals surface area contributed by atoms with Crippen LogP contribution in [0.3, 0.4) is 0 Å². The maximum absolute atomic E-state index is 13.2. The molecule has 222 valence electrons. The van der Waals surface area contributed by atoms with E-state index in [1.807, 2.05) is 4.90 Å². The number of anilines is 2. The number of rotatable bonds is 9. The third-order valence-electron chi connectivity index (χ3n) is 6.62. The van der Waals surface area contributed by atoms with E-state index in [0.717, 1.165) is 0 Å². The molecule has 2 heterocycles. The van der Waals surface area contributed by atoms with Crippen LogP contribution in [0.2, 0.25) is 10.0 Å². The first-order valence-electron chi connectivity index (χ1n) is 13.3. The van der Waals surface area contributed by atoms with Gasteiger partial charge in [0, 0.05) is 44.0 Å². The first-order valence-corrected chi connectivity index (χ1v) is 15.5. The molecule has 0 atom stereocenters. The van der Waals surface area contributed by atoms with Crippen LogP contribution in [0.1, 0.15) is 10.4 Å². The molecule has 2 amide bonds. The average Bonchev–Trinajstić information content (AvgIpc) is 3.00. The van der Waals surface area contributed by atoms with E-state index in [9.17, 15) is 18.0 Å². The number of para-hydroxylation sites is 2. The molecule has 1 aliphatic rings. The van der Waals surface area contributed by atoms with Gasteiger partial charge in [0.2, 0.25) is 5.91 Å². The molecule has 0 aliphatic carbocycles. The third-order valence-corrected chi connectivity index (χ3v) is 8.74. The molecule has 3 aromatic carbocycles. The topological polar surface area (TPSA) is 121 Å². The van der Waals surface area contributed by atoms with Gasteiger partial charge in [0.25, 0.3) is 15.9 Å². The third kappa shape index (κ3) is 7.82. The van der Waals surface area contributed by atoms with Crippen molar-refractivity contribution in [3.63, 3.8) is 0 Å². The fourth-order valence-electron chi connectivity index (χ4n) is 4.40. The summed E-state index contributed by atoms with van der Waals surface area (Å²) in [6.07, 6.45) is 1.60. The van der Waals surface area contributed by atoms with Gasteiger partial charge in [0.15, 0.2) is 5.75 Å². The lowest BCUT2D eigenvalue weighted by atomic mass is 10.2. The minimum Gasteiger partial charge on any atom is -0.455 e. The summed E-state index contributed by atoms with van der Waals surface area (Å²) in [6.45, 7) is 2.13. The van der Waals surface area contributed by atoms with E-state index in [0.29, 0.717) is 53.4 Å². The normalized spacial score (nSPS) is 13.8. The standard InChI is InChI=1S/C30H27Cl2N5O5S/c31-24-13-10-22(19-25(24)32)42-27-6-2-1-5-26(27)35-43(40,41)23-11-8-21(9-12-23)30(39)37-17-15-36(16-18-37)20-29(38)34-28-7-3-4-14-33-28/h1-14,19,35H,15-18,20H2,(H,33,34,38). The Kier molecular flexibility index (Phi) is 9.46. The van der Waals surface area contributed by atoms with E-state index in [1.54, 1.807) is 65.7 Å². The summed E-state index contributed by atoms with van der Waals surface area (Å²) in [5, 5.41) is 3.43. The second-order valence-electron chi connectivity index (χ2n) is 9.64. The lowest BCUT2D eigenvalue weighted by molar-refractivity contribution is -0.117. The number of pyridine rings is 1. The smallest absolute Gasteiger partial charge is 0.262 e.